The van der Waals surface area contributed by atoms with E-state index >= 15 is 0 Å². The molecule has 0 saturated carbocycles. The van der Waals surface area contributed by atoms with Crippen molar-refractivity contribution in [2.75, 3.05) is 6.61 Å². The molecule has 3 rings (SSSR count). The Balaban J connectivity index is 1.65. The summed E-state index contributed by atoms with van der Waals surface area (Å²) < 4.78 is 5.81. The fraction of sp³-hybridized carbons (Fsp3) is 0.238. The Labute approximate surface area is 167 Å². The van der Waals surface area contributed by atoms with Crippen molar-refractivity contribution in [3.8, 4) is 16.3 Å². The molecule has 0 fully saturated rings. The number of hydrogen-bond acceptors (Lipinski definition) is 4. The van der Waals surface area contributed by atoms with Crippen molar-refractivity contribution in [3.05, 3.63) is 69.2 Å². The van der Waals surface area contributed by atoms with E-state index in [1.165, 1.54) is 11.3 Å². The number of aryl methyl sites for hydroxylation is 3. The second-order valence-electron chi connectivity index (χ2n) is 6.29. The number of hydrogen-bond donors (Lipinski definition) is 1. The molecule has 0 amide bonds. The van der Waals surface area contributed by atoms with E-state index in [1.54, 1.807) is 0 Å². The van der Waals surface area contributed by atoms with Gasteiger partial charge in [-0.3, -0.25) is 0 Å². The Hall–Kier alpha value is -2.37. The van der Waals surface area contributed by atoms with Gasteiger partial charge in [0.25, 0.3) is 0 Å². The van der Waals surface area contributed by atoms with E-state index in [1.807, 2.05) is 56.3 Å². The molecule has 0 saturated heterocycles. The Bertz CT molecular complexity index is 930. The molecule has 1 heterocycles. The molecule has 4 nitrogen and oxygen atoms in total. The van der Waals surface area contributed by atoms with Crippen molar-refractivity contribution in [2.24, 2.45) is 0 Å². The first kappa shape index (κ1) is 19.4. The number of benzene rings is 2. The largest absolute Gasteiger partial charge is 0.494 e. The van der Waals surface area contributed by atoms with Gasteiger partial charge >= 0.3 is 5.97 Å². The Morgan fingerprint density at radius 1 is 1.19 bits per heavy atom. The first-order valence-electron chi connectivity index (χ1n) is 8.63. The second-order valence-corrected chi connectivity index (χ2v) is 7.67. The molecule has 0 aliphatic carbocycles. The minimum absolute atomic E-state index is 0.298. The lowest BCUT2D eigenvalue weighted by molar-refractivity contribution is 0.0700. The summed E-state index contributed by atoms with van der Waals surface area (Å²) >= 11 is 7.39. The molecule has 3 aromatic rings. The van der Waals surface area contributed by atoms with E-state index < -0.39 is 5.97 Å². The van der Waals surface area contributed by atoms with Gasteiger partial charge in [-0.1, -0.05) is 41.9 Å². The smallest absolute Gasteiger partial charge is 0.347 e. The number of thiazole rings is 1. The van der Waals surface area contributed by atoms with Crippen molar-refractivity contribution >= 4 is 28.9 Å². The van der Waals surface area contributed by atoms with E-state index in [-0.39, 0.29) is 0 Å². The topological polar surface area (TPSA) is 59.4 Å². The zero-order chi connectivity index (χ0) is 19.4. The summed E-state index contributed by atoms with van der Waals surface area (Å²) in [6.45, 7) is 4.38. The highest BCUT2D eigenvalue weighted by Crippen LogP contribution is 2.29. The van der Waals surface area contributed by atoms with E-state index in [4.69, 9.17) is 16.3 Å². The molecule has 1 N–H and O–H groups in total. The number of carboxylic acid groups (broad SMARTS) is 1. The number of rotatable bonds is 7. The van der Waals surface area contributed by atoms with Gasteiger partial charge in [0.1, 0.15) is 15.6 Å². The first-order valence-corrected chi connectivity index (χ1v) is 9.83. The molecule has 1 aromatic heterocycles. The lowest BCUT2D eigenvalue weighted by Crippen LogP contribution is -2.04. The zero-order valence-electron chi connectivity index (χ0n) is 15.2. The molecular formula is C21H20ClNO3S. The summed E-state index contributed by atoms with van der Waals surface area (Å²) in [6.07, 6.45) is 1.23. The van der Waals surface area contributed by atoms with Gasteiger partial charge in [-0.05, 0) is 49.9 Å². The highest BCUT2D eigenvalue weighted by molar-refractivity contribution is 7.17. The average Bonchev–Trinajstić information content (AvgIpc) is 3.08. The lowest BCUT2D eigenvalue weighted by atomic mass is 10.1. The molecule has 27 heavy (non-hydrogen) atoms. The van der Waals surface area contributed by atoms with Crippen molar-refractivity contribution in [3.63, 3.8) is 0 Å². The molecule has 6 heteroatoms. The molecule has 0 bridgehead atoms. The lowest BCUT2D eigenvalue weighted by Gasteiger charge is -2.09. The molecule has 0 aliphatic heterocycles. The number of halogens is 1. The number of aromatic carboxylic acids is 1. The van der Waals surface area contributed by atoms with Gasteiger partial charge in [0.05, 0.1) is 12.3 Å². The standard InChI is InChI=1S/C21H20ClNO3S/c1-13-11-16(12-14(2)18(13)22)26-10-6-9-17-19(21(24)25)27-20(23-17)15-7-4-3-5-8-15/h3-5,7-8,11-12H,6,9-10H2,1-2H3,(H,24,25). The van der Waals surface area contributed by atoms with Crippen LogP contribution in [-0.4, -0.2) is 22.7 Å². The van der Waals surface area contributed by atoms with E-state index in [0.29, 0.717) is 30.0 Å². The van der Waals surface area contributed by atoms with Crippen LogP contribution in [0.3, 0.4) is 0 Å². The maximum atomic E-state index is 11.6. The highest BCUT2D eigenvalue weighted by Gasteiger charge is 2.18. The third-order valence-electron chi connectivity index (χ3n) is 4.15. The predicted molar refractivity (Wildman–Crippen MR) is 109 cm³/mol. The van der Waals surface area contributed by atoms with Gasteiger partial charge in [-0.2, -0.15) is 0 Å². The molecule has 140 valence electrons. The summed E-state index contributed by atoms with van der Waals surface area (Å²) in [5.74, 6) is -0.161. The number of aromatic nitrogens is 1. The molecule has 0 spiro atoms. The molecule has 2 aromatic carbocycles. The third kappa shape index (κ3) is 4.67. The van der Waals surface area contributed by atoms with Crippen LogP contribution in [0, 0.1) is 13.8 Å². The third-order valence-corrected chi connectivity index (χ3v) is 5.88. The van der Waals surface area contributed by atoms with Gasteiger partial charge < -0.3 is 9.84 Å². The molecule has 0 radical (unpaired) electrons. The average molecular weight is 402 g/mol. The predicted octanol–water partition coefficient (Wildman–Crippen LogP) is 5.79. The summed E-state index contributed by atoms with van der Waals surface area (Å²) in [7, 11) is 0. The number of carboxylic acids is 1. The van der Waals surface area contributed by atoms with Gasteiger partial charge in [0.2, 0.25) is 0 Å². The molecule has 0 atom stereocenters. The first-order chi connectivity index (χ1) is 13.0. The fourth-order valence-electron chi connectivity index (χ4n) is 2.81. The van der Waals surface area contributed by atoms with Crippen LogP contribution in [0.2, 0.25) is 5.02 Å². The molecule has 0 unspecified atom stereocenters. The van der Waals surface area contributed by atoms with Gasteiger partial charge in [-0.15, -0.1) is 11.3 Å². The van der Waals surface area contributed by atoms with Gasteiger partial charge in [0.15, 0.2) is 0 Å². The van der Waals surface area contributed by atoms with Crippen LogP contribution in [0.5, 0.6) is 5.75 Å². The minimum atomic E-state index is -0.936. The fourth-order valence-corrected chi connectivity index (χ4v) is 3.88. The molecule has 0 aliphatic rings. The van der Waals surface area contributed by atoms with Crippen molar-refractivity contribution in [1.29, 1.82) is 0 Å². The monoisotopic (exact) mass is 401 g/mol. The Morgan fingerprint density at radius 2 is 1.85 bits per heavy atom. The maximum absolute atomic E-state index is 11.6. The van der Waals surface area contributed by atoms with Gasteiger partial charge in [0, 0.05) is 10.6 Å². The van der Waals surface area contributed by atoms with E-state index in [9.17, 15) is 9.90 Å². The number of ether oxygens (including phenoxy) is 1. The summed E-state index contributed by atoms with van der Waals surface area (Å²) in [5, 5.41) is 11.0. The van der Waals surface area contributed by atoms with Crippen LogP contribution < -0.4 is 4.74 Å². The Morgan fingerprint density at radius 3 is 2.48 bits per heavy atom. The molecular weight excluding hydrogens is 382 g/mol. The highest BCUT2D eigenvalue weighted by atomic mass is 35.5. The van der Waals surface area contributed by atoms with E-state index in [0.717, 1.165) is 32.5 Å². The number of nitrogens with zero attached hydrogens (tertiary/aromatic N) is 1. The number of carbonyl (C=O) groups is 1. The van der Waals surface area contributed by atoms with E-state index in [2.05, 4.69) is 4.98 Å². The van der Waals surface area contributed by atoms with Crippen molar-refractivity contribution in [1.82, 2.24) is 4.98 Å². The van der Waals surface area contributed by atoms with Crippen LogP contribution in [0.15, 0.2) is 42.5 Å². The SMILES string of the molecule is Cc1cc(OCCCc2nc(-c3ccccc3)sc2C(=O)O)cc(C)c1Cl. The summed E-state index contributed by atoms with van der Waals surface area (Å²) in [6, 6.07) is 13.4. The van der Waals surface area contributed by atoms with Crippen LogP contribution >= 0.6 is 22.9 Å². The second kappa shape index (κ2) is 8.55. The Kier molecular flexibility index (Phi) is 6.14. The van der Waals surface area contributed by atoms with Crippen molar-refractivity contribution in [2.45, 2.75) is 26.7 Å². The van der Waals surface area contributed by atoms with Crippen LogP contribution in [-0.2, 0) is 6.42 Å². The minimum Gasteiger partial charge on any atom is -0.494 e. The van der Waals surface area contributed by atoms with Crippen LogP contribution in [0.1, 0.15) is 32.9 Å². The quantitative estimate of drug-likeness (QED) is 0.509. The summed E-state index contributed by atoms with van der Waals surface area (Å²) in [5.41, 5.74) is 3.50. The van der Waals surface area contributed by atoms with Crippen LogP contribution in [0.25, 0.3) is 10.6 Å². The van der Waals surface area contributed by atoms with Gasteiger partial charge in [-0.25, -0.2) is 9.78 Å². The maximum Gasteiger partial charge on any atom is 0.347 e. The van der Waals surface area contributed by atoms with Crippen LogP contribution in [0.4, 0.5) is 0 Å². The van der Waals surface area contributed by atoms with Crippen molar-refractivity contribution < 1.29 is 14.6 Å². The zero-order valence-corrected chi connectivity index (χ0v) is 16.7. The summed E-state index contributed by atoms with van der Waals surface area (Å²) in [4.78, 5) is 16.4. The normalized spacial score (nSPS) is 10.8.